The van der Waals surface area contributed by atoms with Crippen LogP contribution in [0.25, 0.3) is 6.08 Å². The monoisotopic (exact) mass is 453 g/mol. The van der Waals surface area contributed by atoms with E-state index in [-0.39, 0.29) is 36.5 Å². The number of nitrogens with one attached hydrogen (secondary N) is 1. The van der Waals surface area contributed by atoms with Gasteiger partial charge < -0.3 is 10.1 Å². The van der Waals surface area contributed by atoms with Gasteiger partial charge in [-0.15, -0.1) is 0 Å². The lowest BCUT2D eigenvalue weighted by atomic mass is 10.1. The van der Waals surface area contributed by atoms with Gasteiger partial charge in [-0.2, -0.15) is 0 Å². The maximum Gasteiger partial charge on any atom is 0.339 e. The zero-order valence-corrected chi connectivity index (χ0v) is 18.8. The van der Waals surface area contributed by atoms with E-state index in [2.05, 4.69) is 10.3 Å². The molecule has 0 aliphatic carbocycles. The van der Waals surface area contributed by atoms with Crippen LogP contribution in [0.5, 0.6) is 0 Å². The first-order valence-electron chi connectivity index (χ1n) is 10.0. The standard InChI is InChI=1S/C23H23N3O5S/c1-4-31-22(29)17-9-10-18(25-15(17)3)20(27)24-11-12-26-21(28)19(32-23(26)30)13-16-7-5-14(2)6-8-16/h5-10,13H,4,11-12H2,1-3H3,(H,24,27)/b19-13-. The summed E-state index contributed by atoms with van der Waals surface area (Å²) in [5, 5.41) is 2.27. The van der Waals surface area contributed by atoms with Crippen molar-refractivity contribution in [2.75, 3.05) is 19.7 Å². The van der Waals surface area contributed by atoms with Crippen LogP contribution in [0.1, 0.15) is 44.6 Å². The summed E-state index contributed by atoms with van der Waals surface area (Å²) in [5.41, 5.74) is 2.74. The van der Waals surface area contributed by atoms with Gasteiger partial charge in [0.1, 0.15) is 5.69 Å². The summed E-state index contributed by atoms with van der Waals surface area (Å²) in [6, 6.07) is 10.5. The summed E-state index contributed by atoms with van der Waals surface area (Å²) in [7, 11) is 0. The number of imide groups is 1. The number of carbonyl (C=O) groups is 4. The number of pyridine rings is 1. The molecule has 0 atom stereocenters. The third-order valence-electron chi connectivity index (χ3n) is 4.68. The summed E-state index contributed by atoms with van der Waals surface area (Å²) in [6.07, 6.45) is 1.68. The molecule has 0 bridgehead atoms. The molecule has 0 saturated carbocycles. The summed E-state index contributed by atoms with van der Waals surface area (Å²) < 4.78 is 4.95. The molecule has 2 heterocycles. The summed E-state index contributed by atoms with van der Waals surface area (Å²) in [6.45, 7) is 5.66. The second-order valence-corrected chi connectivity index (χ2v) is 8.04. The molecule has 32 heavy (non-hydrogen) atoms. The Morgan fingerprint density at radius 2 is 1.84 bits per heavy atom. The molecule has 0 unspecified atom stereocenters. The molecule has 1 fully saturated rings. The molecule has 9 heteroatoms. The van der Waals surface area contributed by atoms with Crippen molar-refractivity contribution in [2.45, 2.75) is 20.8 Å². The highest BCUT2D eigenvalue weighted by molar-refractivity contribution is 8.18. The molecule has 166 valence electrons. The van der Waals surface area contributed by atoms with Gasteiger partial charge in [0.15, 0.2) is 0 Å². The Morgan fingerprint density at radius 1 is 1.12 bits per heavy atom. The minimum atomic E-state index is -0.498. The fraction of sp³-hybridized carbons (Fsp3) is 0.261. The molecule has 2 aromatic rings. The molecule has 1 aliphatic rings. The van der Waals surface area contributed by atoms with Crippen molar-refractivity contribution < 1.29 is 23.9 Å². The van der Waals surface area contributed by atoms with Crippen molar-refractivity contribution in [2.24, 2.45) is 0 Å². The number of carbonyl (C=O) groups excluding carboxylic acids is 4. The number of aryl methyl sites for hydroxylation is 2. The minimum Gasteiger partial charge on any atom is -0.462 e. The second-order valence-electron chi connectivity index (χ2n) is 7.05. The van der Waals surface area contributed by atoms with E-state index in [1.54, 1.807) is 19.9 Å². The van der Waals surface area contributed by atoms with Crippen LogP contribution in [-0.4, -0.2) is 52.6 Å². The smallest absolute Gasteiger partial charge is 0.339 e. The number of benzene rings is 1. The van der Waals surface area contributed by atoms with E-state index >= 15 is 0 Å². The van der Waals surface area contributed by atoms with Crippen LogP contribution in [0.3, 0.4) is 0 Å². The highest BCUT2D eigenvalue weighted by atomic mass is 32.2. The Hall–Kier alpha value is -3.46. The number of hydrogen-bond acceptors (Lipinski definition) is 7. The van der Waals surface area contributed by atoms with Gasteiger partial charge in [-0.3, -0.25) is 19.3 Å². The van der Waals surface area contributed by atoms with Crippen molar-refractivity contribution >= 4 is 40.9 Å². The van der Waals surface area contributed by atoms with Crippen LogP contribution in [0, 0.1) is 13.8 Å². The number of hydrogen-bond donors (Lipinski definition) is 1. The predicted octanol–water partition coefficient (Wildman–Crippen LogP) is 3.34. The zero-order valence-electron chi connectivity index (χ0n) is 18.0. The average molecular weight is 454 g/mol. The van der Waals surface area contributed by atoms with Gasteiger partial charge in [-0.1, -0.05) is 29.8 Å². The van der Waals surface area contributed by atoms with Crippen LogP contribution in [-0.2, 0) is 9.53 Å². The highest BCUT2D eigenvalue weighted by Gasteiger charge is 2.34. The molecular weight excluding hydrogens is 430 g/mol. The number of rotatable bonds is 7. The van der Waals surface area contributed by atoms with Gasteiger partial charge in [0, 0.05) is 13.1 Å². The van der Waals surface area contributed by atoms with Crippen LogP contribution in [0.15, 0.2) is 41.3 Å². The molecule has 1 N–H and O–H groups in total. The molecule has 1 saturated heterocycles. The van der Waals surface area contributed by atoms with E-state index in [0.29, 0.717) is 16.2 Å². The number of aromatic nitrogens is 1. The first-order valence-corrected chi connectivity index (χ1v) is 10.9. The Labute approximate surface area is 190 Å². The molecule has 1 aromatic heterocycles. The van der Waals surface area contributed by atoms with E-state index in [9.17, 15) is 19.2 Å². The maximum atomic E-state index is 12.6. The quantitative estimate of drug-likeness (QED) is 0.506. The molecule has 8 nitrogen and oxygen atoms in total. The second kappa shape index (κ2) is 10.2. The van der Waals surface area contributed by atoms with E-state index in [4.69, 9.17) is 4.74 Å². The molecule has 1 aromatic carbocycles. The van der Waals surface area contributed by atoms with Gasteiger partial charge in [0.05, 0.1) is 22.8 Å². The van der Waals surface area contributed by atoms with E-state index in [1.807, 2.05) is 31.2 Å². The fourth-order valence-corrected chi connectivity index (χ4v) is 3.86. The summed E-state index contributed by atoms with van der Waals surface area (Å²) in [5.74, 6) is -1.35. The van der Waals surface area contributed by atoms with E-state index in [0.717, 1.165) is 27.8 Å². The van der Waals surface area contributed by atoms with Gasteiger partial charge in [-0.05, 0) is 56.3 Å². The van der Waals surface area contributed by atoms with Crippen molar-refractivity contribution in [3.63, 3.8) is 0 Å². The summed E-state index contributed by atoms with van der Waals surface area (Å²) in [4.78, 5) is 54.6. The Bertz CT molecular complexity index is 1100. The Morgan fingerprint density at radius 3 is 2.50 bits per heavy atom. The van der Waals surface area contributed by atoms with Crippen LogP contribution in [0.4, 0.5) is 4.79 Å². The first-order chi connectivity index (χ1) is 15.3. The van der Waals surface area contributed by atoms with Crippen molar-refractivity contribution in [1.82, 2.24) is 15.2 Å². The van der Waals surface area contributed by atoms with E-state index < -0.39 is 11.9 Å². The average Bonchev–Trinajstić information content (AvgIpc) is 3.02. The lowest BCUT2D eigenvalue weighted by Gasteiger charge is -2.13. The first kappa shape index (κ1) is 23.2. The lowest BCUT2D eigenvalue weighted by molar-refractivity contribution is -0.122. The number of esters is 1. The van der Waals surface area contributed by atoms with Crippen molar-refractivity contribution in [3.8, 4) is 0 Å². The third kappa shape index (κ3) is 5.42. The number of ether oxygens (including phenoxy) is 1. The Kier molecular flexibility index (Phi) is 7.42. The Balaban J connectivity index is 1.58. The summed E-state index contributed by atoms with van der Waals surface area (Å²) >= 11 is 0.876. The molecule has 0 spiro atoms. The SMILES string of the molecule is CCOC(=O)c1ccc(C(=O)NCCN2C(=O)S/C(=C\c3ccc(C)cc3)C2=O)nc1C. The van der Waals surface area contributed by atoms with Crippen molar-refractivity contribution in [3.05, 3.63) is 69.4 Å². The van der Waals surface area contributed by atoms with Crippen LogP contribution in [0.2, 0.25) is 0 Å². The highest BCUT2D eigenvalue weighted by Crippen LogP contribution is 2.31. The maximum absolute atomic E-state index is 12.6. The van der Waals surface area contributed by atoms with Crippen LogP contribution < -0.4 is 5.32 Å². The van der Waals surface area contributed by atoms with E-state index in [1.165, 1.54) is 12.1 Å². The molecule has 0 radical (unpaired) electrons. The van der Waals surface area contributed by atoms with Gasteiger partial charge in [0.25, 0.3) is 17.1 Å². The fourth-order valence-electron chi connectivity index (χ4n) is 2.99. The van der Waals surface area contributed by atoms with Gasteiger partial charge in [0.2, 0.25) is 0 Å². The number of thioether (sulfide) groups is 1. The van der Waals surface area contributed by atoms with Crippen molar-refractivity contribution in [1.29, 1.82) is 0 Å². The minimum absolute atomic E-state index is 0.0432. The zero-order chi connectivity index (χ0) is 23.3. The molecule has 1 aliphatic heterocycles. The lowest BCUT2D eigenvalue weighted by Crippen LogP contribution is -2.37. The topological polar surface area (TPSA) is 106 Å². The van der Waals surface area contributed by atoms with Crippen LogP contribution >= 0.6 is 11.8 Å². The molecule has 3 amide bonds. The van der Waals surface area contributed by atoms with Gasteiger partial charge in [-0.25, -0.2) is 9.78 Å². The van der Waals surface area contributed by atoms with Gasteiger partial charge >= 0.3 is 5.97 Å². The third-order valence-corrected chi connectivity index (χ3v) is 5.59. The number of nitrogens with zero attached hydrogens (tertiary/aromatic N) is 2. The predicted molar refractivity (Wildman–Crippen MR) is 121 cm³/mol. The molecule has 3 rings (SSSR count). The number of amides is 3. The normalized spacial score (nSPS) is 14.7. The molecular formula is C23H23N3O5S. The largest absolute Gasteiger partial charge is 0.462 e.